The second-order valence-electron chi connectivity index (χ2n) is 8.17. The zero-order chi connectivity index (χ0) is 17.9. The highest BCUT2D eigenvalue weighted by atomic mass is 16.5. The number of aromatic nitrogens is 1. The van der Waals surface area contributed by atoms with Gasteiger partial charge in [-0.3, -0.25) is 14.7 Å². The van der Waals surface area contributed by atoms with Crippen LogP contribution in [0.3, 0.4) is 0 Å². The normalized spacial score (nSPS) is 28.3. The second-order valence-corrected chi connectivity index (χ2v) is 8.17. The molecule has 26 heavy (non-hydrogen) atoms. The Morgan fingerprint density at radius 1 is 1.23 bits per heavy atom. The summed E-state index contributed by atoms with van der Waals surface area (Å²) in [7, 11) is 1.80. The Balaban J connectivity index is 1.32. The van der Waals surface area contributed by atoms with Gasteiger partial charge in [0.1, 0.15) is 0 Å². The summed E-state index contributed by atoms with van der Waals surface area (Å²) in [6, 6.07) is 5.00. The standard InChI is InChI=1S/C21H31N3O2/c1-26-19-15-24(21(19)17-7-4-10-22-14-17)18-8-11-23(12-9-18)20(25)13-16-5-2-3-6-16/h4,7,10,14,16,18-19,21H,2-3,5-6,8-9,11-13,15H2,1H3. The van der Waals surface area contributed by atoms with E-state index in [0.29, 0.717) is 23.9 Å². The fourth-order valence-electron chi connectivity index (χ4n) is 5.07. The molecule has 0 bridgehead atoms. The summed E-state index contributed by atoms with van der Waals surface area (Å²) >= 11 is 0. The van der Waals surface area contributed by atoms with Crippen molar-refractivity contribution >= 4 is 5.91 Å². The topological polar surface area (TPSA) is 45.7 Å². The van der Waals surface area contributed by atoms with Crippen LogP contribution >= 0.6 is 0 Å². The molecule has 142 valence electrons. The van der Waals surface area contributed by atoms with E-state index in [0.717, 1.165) is 38.9 Å². The molecule has 3 fully saturated rings. The number of nitrogens with zero attached hydrogens (tertiary/aromatic N) is 3. The van der Waals surface area contributed by atoms with Gasteiger partial charge >= 0.3 is 0 Å². The molecule has 3 aliphatic rings. The first-order chi connectivity index (χ1) is 12.8. The average Bonchev–Trinajstić information content (AvgIpc) is 3.16. The lowest BCUT2D eigenvalue weighted by atomic mass is 9.87. The molecule has 0 spiro atoms. The van der Waals surface area contributed by atoms with Crippen molar-refractivity contribution in [2.75, 3.05) is 26.7 Å². The Morgan fingerprint density at radius 3 is 2.65 bits per heavy atom. The van der Waals surface area contributed by atoms with Crippen LogP contribution < -0.4 is 0 Å². The molecule has 1 aromatic rings. The van der Waals surface area contributed by atoms with Crippen LogP contribution in [0, 0.1) is 5.92 Å². The molecule has 0 radical (unpaired) electrons. The number of carbonyl (C=O) groups excluding carboxylic acids is 1. The first-order valence-corrected chi connectivity index (χ1v) is 10.2. The molecule has 3 heterocycles. The Kier molecular flexibility index (Phi) is 5.55. The number of piperidine rings is 1. The molecule has 2 unspecified atom stereocenters. The van der Waals surface area contributed by atoms with Crippen molar-refractivity contribution in [3.8, 4) is 0 Å². The number of pyridine rings is 1. The van der Waals surface area contributed by atoms with Crippen LogP contribution in [0.1, 0.15) is 56.6 Å². The van der Waals surface area contributed by atoms with E-state index in [1.54, 1.807) is 7.11 Å². The van der Waals surface area contributed by atoms with Crippen LogP contribution in [0.4, 0.5) is 0 Å². The van der Waals surface area contributed by atoms with Gasteiger partial charge in [-0.05, 0) is 43.2 Å². The van der Waals surface area contributed by atoms with Crippen molar-refractivity contribution in [2.45, 2.75) is 63.1 Å². The third-order valence-electron chi connectivity index (χ3n) is 6.65. The molecule has 1 aromatic heterocycles. The van der Waals surface area contributed by atoms with E-state index in [1.165, 1.54) is 31.2 Å². The molecular weight excluding hydrogens is 326 g/mol. The maximum Gasteiger partial charge on any atom is 0.222 e. The minimum absolute atomic E-state index is 0.251. The highest BCUT2D eigenvalue weighted by Gasteiger charge is 2.44. The van der Waals surface area contributed by atoms with Crippen molar-refractivity contribution in [1.29, 1.82) is 0 Å². The molecule has 2 saturated heterocycles. The van der Waals surface area contributed by atoms with Gasteiger partial charge in [-0.15, -0.1) is 0 Å². The first-order valence-electron chi connectivity index (χ1n) is 10.2. The Hall–Kier alpha value is -1.46. The minimum Gasteiger partial charge on any atom is -0.378 e. The van der Waals surface area contributed by atoms with Crippen LogP contribution in [0.15, 0.2) is 24.5 Å². The predicted octanol–water partition coefficient (Wildman–Crippen LogP) is 3.02. The number of hydrogen-bond donors (Lipinski definition) is 0. The molecule has 1 amide bonds. The zero-order valence-electron chi connectivity index (χ0n) is 15.8. The van der Waals surface area contributed by atoms with E-state index >= 15 is 0 Å². The quantitative estimate of drug-likeness (QED) is 0.813. The van der Waals surface area contributed by atoms with Crippen LogP contribution in [0.5, 0.6) is 0 Å². The first kappa shape index (κ1) is 17.9. The smallest absolute Gasteiger partial charge is 0.222 e. The summed E-state index contributed by atoms with van der Waals surface area (Å²) in [4.78, 5) is 21.5. The maximum atomic E-state index is 12.6. The van der Waals surface area contributed by atoms with Crippen LogP contribution in [-0.2, 0) is 9.53 Å². The lowest BCUT2D eigenvalue weighted by Gasteiger charge is -2.53. The molecule has 0 N–H and O–H groups in total. The molecule has 5 heteroatoms. The molecule has 1 saturated carbocycles. The lowest BCUT2D eigenvalue weighted by Crippen LogP contribution is -2.60. The van der Waals surface area contributed by atoms with E-state index < -0.39 is 0 Å². The van der Waals surface area contributed by atoms with Crippen LogP contribution in [-0.4, -0.2) is 59.6 Å². The SMILES string of the molecule is COC1CN(C2CCN(C(=O)CC3CCCC3)CC2)C1c1cccnc1. The third-order valence-corrected chi connectivity index (χ3v) is 6.65. The highest BCUT2D eigenvalue weighted by Crippen LogP contribution is 2.39. The molecule has 0 aromatic carbocycles. The largest absolute Gasteiger partial charge is 0.378 e. The number of ether oxygens (including phenoxy) is 1. The van der Waals surface area contributed by atoms with Crippen molar-refractivity contribution in [3.05, 3.63) is 30.1 Å². The average molecular weight is 357 g/mol. The van der Waals surface area contributed by atoms with Crippen LogP contribution in [0.25, 0.3) is 0 Å². The summed E-state index contributed by atoms with van der Waals surface area (Å²) < 4.78 is 5.67. The van der Waals surface area contributed by atoms with Crippen molar-refractivity contribution < 1.29 is 9.53 Å². The van der Waals surface area contributed by atoms with Crippen molar-refractivity contribution in [3.63, 3.8) is 0 Å². The Bertz CT molecular complexity index is 595. The summed E-state index contributed by atoms with van der Waals surface area (Å²) in [6.45, 7) is 2.80. The predicted molar refractivity (Wildman–Crippen MR) is 101 cm³/mol. The Morgan fingerprint density at radius 2 is 2.00 bits per heavy atom. The highest BCUT2D eigenvalue weighted by molar-refractivity contribution is 5.76. The summed E-state index contributed by atoms with van der Waals surface area (Å²) in [5, 5.41) is 0. The molecule has 2 aliphatic heterocycles. The van der Waals surface area contributed by atoms with E-state index in [4.69, 9.17) is 4.74 Å². The number of likely N-dealkylation sites (tertiary alicyclic amines) is 2. The molecule has 4 rings (SSSR count). The summed E-state index contributed by atoms with van der Waals surface area (Å²) in [5.74, 6) is 1.03. The monoisotopic (exact) mass is 357 g/mol. The van der Waals surface area contributed by atoms with Crippen molar-refractivity contribution in [2.24, 2.45) is 5.92 Å². The summed E-state index contributed by atoms with van der Waals surface area (Å²) in [6.07, 6.45) is 12.1. The van der Waals surface area contributed by atoms with E-state index in [9.17, 15) is 4.79 Å². The molecule has 2 atom stereocenters. The van der Waals surface area contributed by atoms with Gasteiger partial charge in [-0.25, -0.2) is 0 Å². The minimum atomic E-state index is 0.251. The third kappa shape index (κ3) is 3.65. The number of rotatable bonds is 5. The van der Waals surface area contributed by atoms with E-state index in [1.807, 2.05) is 18.5 Å². The maximum absolute atomic E-state index is 12.6. The second kappa shape index (κ2) is 8.05. The van der Waals surface area contributed by atoms with Gasteiger partial charge in [0.25, 0.3) is 0 Å². The zero-order valence-corrected chi connectivity index (χ0v) is 15.8. The number of hydrogen-bond acceptors (Lipinski definition) is 4. The van der Waals surface area contributed by atoms with Gasteiger partial charge in [-0.2, -0.15) is 0 Å². The molecule has 1 aliphatic carbocycles. The number of carbonyl (C=O) groups is 1. The molecule has 5 nitrogen and oxygen atoms in total. The number of amides is 1. The van der Waals surface area contributed by atoms with Crippen molar-refractivity contribution in [1.82, 2.24) is 14.8 Å². The van der Waals surface area contributed by atoms with Gasteiger partial charge in [-0.1, -0.05) is 18.9 Å². The summed E-state index contributed by atoms with van der Waals surface area (Å²) in [5.41, 5.74) is 1.24. The Labute approximate surface area is 156 Å². The lowest BCUT2D eigenvalue weighted by molar-refractivity contribution is -0.138. The van der Waals surface area contributed by atoms with Gasteiger partial charge in [0.05, 0.1) is 12.1 Å². The van der Waals surface area contributed by atoms with Crippen LogP contribution in [0.2, 0.25) is 0 Å². The fraction of sp³-hybridized carbons (Fsp3) is 0.714. The van der Waals surface area contributed by atoms with Gasteiger partial charge < -0.3 is 9.64 Å². The van der Waals surface area contributed by atoms with Gasteiger partial charge in [0.15, 0.2) is 0 Å². The van der Waals surface area contributed by atoms with E-state index in [-0.39, 0.29) is 6.10 Å². The molecular formula is C21H31N3O2. The van der Waals surface area contributed by atoms with Gasteiger partial charge in [0, 0.05) is 51.6 Å². The van der Waals surface area contributed by atoms with Gasteiger partial charge in [0.2, 0.25) is 5.91 Å². The fourth-order valence-corrected chi connectivity index (χ4v) is 5.07. The number of methoxy groups -OCH3 is 1. The van der Waals surface area contributed by atoms with E-state index in [2.05, 4.69) is 20.9 Å².